The monoisotopic (exact) mass is 151 g/mol. The predicted molar refractivity (Wildman–Crippen MR) is 44.8 cm³/mol. The van der Waals surface area contributed by atoms with Crippen LogP contribution in [0.25, 0.3) is 0 Å². The summed E-state index contributed by atoms with van der Waals surface area (Å²) in [6.45, 7) is 1.88. The zero-order valence-electron chi connectivity index (χ0n) is 5.79. The van der Waals surface area contributed by atoms with E-state index in [9.17, 15) is 0 Å². The molecular formula is C8H9NS. The summed E-state index contributed by atoms with van der Waals surface area (Å²) in [5.74, 6) is 5.85. The van der Waals surface area contributed by atoms with Gasteiger partial charge in [0.2, 0.25) is 0 Å². The molecule has 1 heterocycles. The Balaban J connectivity index is 2.66. The molecule has 10 heavy (non-hydrogen) atoms. The fraction of sp³-hybridized carbons (Fsp3) is 0.250. The summed E-state index contributed by atoms with van der Waals surface area (Å²) < 4.78 is 0. The van der Waals surface area contributed by atoms with Crippen LogP contribution in [0.3, 0.4) is 0 Å². The molecule has 0 radical (unpaired) electrons. The van der Waals surface area contributed by atoms with Crippen LogP contribution in [0.1, 0.15) is 11.8 Å². The molecule has 0 aliphatic carbocycles. The molecule has 0 spiro atoms. The maximum atomic E-state index is 5.44. The number of hydrogen-bond donors (Lipinski definition) is 1. The highest BCUT2D eigenvalue weighted by atomic mass is 32.1. The van der Waals surface area contributed by atoms with E-state index < -0.39 is 0 Å². The number of hydrogen-bond acceptors (Lipinski definition) is 2. The van der Waals surface area contributed by atoms with Crippen molar-refractivity contribution in [2.24, 2.45) is 5.73 Å². The van der Waals surface area contributed by atoms with E-state index in [1.165, 1.54) is 0 Å². The van der Waals surface area contributed by atoms with Crippen LogP contribution in [-0.4, -0.2) is 6.04 Å². The summed E-state index contributed by atoms with van der Waals surface area (Å²) in [6, 6.07) is 3.94. The van der Waals surface area contributed by atoms with Gasteiger partial charge in [-0.15, -0.1) is 11.3 Å². The molecule has 52 valence electrons. The van der Waals surface area contributed by atoms with Gasteiger partial charge in [-0.05, 0) is 18.4 Å². The summed E-state index contributed by atoms with van der Waals surface area (Å²) in [5, 5.41) is 2.01. The highest BCUT2D eigenvalue weighted by Crippen LogP contribution is 2.05. The van der Waals surface area contributed by atoms with Crippen molar-refractivity contribution < 1.29 is 0 Å². The second-order valence-electron chi connectivity index (χ2n) is 2.04. The molecule has 0 aliphatic heterocycles. The van der Waals surface area contributed by atoms with Gasteiger partial charge >= 0.3 is 0 Å². The summed E-state index contributed by atoms with van der Waals surface area (Å²) >= 11 is 1.64. The molecule has 0 saturated heterocycles. The SMILES string of the molecule is C[C@@H](N)C#Cc1cccs1. The van der Waals surface area contributed by atoms with Gasteiger partial charge in [-0.1, -0.05) is 17.9 Å². The number of rotatable bonds is 0. The lowest BCUT2D eigenvalue weighted by Crippen LogP contribution is -2.10. The van der Waals surface area contributed by atoms with Gasteiger partial charge in [-0.3, -0.25) is 0 Å². The molecule has 0 aromatic carbocycles. The minimum atomic E-state index is -0.0258. The Morgan fingerprint density at radius 3 is 3.00 bits per heavy atom. The Morgan fingerprint density at radius 2 is 2.50 bits per heavy atom. The quantitative estimate of drug-likeness (QED) is 0.558. The average molecular weight is 151 g/mol. The van der Waals surface area contributed by atoms with Crippen molar-refractivity contribution >= 4 is 11.3 Å². The summed E-state index contributed by atoms with van der Waals surface area (Å²) in [4.78, 5) is 1.08. The zero-order chi connectivity index (χ0) is 7.40. The maximum absolute atomic E-state index is 5.44. The topological polar surface area (TPSA) is 26.0 Å². The first kappa shape index (κ1) is 7.33. The van der Waals surface area contributed by atoms with Gasteiger partial charge in [0.15, 0.2) is 0 Å². The lowest BCUT2D eigenvalue weighted by atomic mass is 10.3. The van der Waals surface area contributed by atoms with E-state index in [0.717, 1.165) is 4.88 Å². The van der Waals surface area contributed by atoms with Crippen LogP contribution in [-0.2, 0) is 0 Å². The molecule has 2 heteroatoms. The molecule has 1 nitrogen and oxygen atoms in total. The first-order valence-electron chi connectivity index (χ1n) is 3.09. The second-order valence-corrected chi connectivity index (χ2v) is 2.98. The molecular weight excluding hydrogens is 142 g/mol. The lowest BCUT2D eigenvalue weighted by Gasteiger charge is -1.86. The number of nitrogens with two attached hydrogens (primary N) is 1. The largest absolute Gasteiger partial charge is 0.318 e. The molecule has 1 rings (SSSR count). The third-order valence-electron chi connectivity index (χ3n) is 0.944. The smallest absolute Gasteiger partial charge is 0.0768 e. The van der Waals surface area contributed by atoms with E-state index in [2.05, 4.69) is 11.8 Å². The van der Waals surface area contributed by atoms with Crippen molar-refractivity contribution in [2.45, 2.75) is 13.0 Å². The van der Waals surface area contributed by atoms with Crippen molar-refractivity contribution in [3.8, 4) is 11.8 Å². The summed E-state index contributed by atoms with van der Waals surface area (Å²) in [5.41, 5.74) is 5.44. The minimum absolute atomic E-state index is 0.0258. The van der Waals surface area contributed by atoms with Gasteiger partial charge < -0.3 is 5.73 Å². The molecule has 0 saturated carbocycles. The van der Waals surface area contributed by atoms with Gasteiger partial charge in [-0.2, -0.15) is 0 Å². The Morgan fingerprint density at radius 1 is 1.70 bits per heavy atom. The molecule has 1 aromatic heterocycles. The van der Waals surface area contributed by atoms with Gasteiger partial charge in [0.25, 0.3) is 0 Å². The Kier molecular flexibility index (Phi) is 2.49. The molecule has 0 bridgehead atoms. The van der Waals surface area contributed by atoms with Crippen molar-refractivity contribution in [3.05, 3.63) is 22.4 Å². The van der Waals surface area contributed by atoms with Gasteiger partial charge in [-0.25, -0.2) is 0 Å². The predicted octanol–water partition coefficient (Wildman–Crippen LogP) is 1.45. The minimum Gasteiger partial charge on any atom is -0.318 e. The van der Waals surface area contributed by atoms with Crippen LogP contribution < -0.4 is 5.73 Å². The third kappa shape index (κ3) is 2.22. The van der Waals surface area contributed by atoms with E-state index in [1.54, 1.807) is 11.3 Å². The Hall–Kier alpha value is -0.780. The van der Waals surface area contributed by atoms with Crippen molar-refractivity contribution in [1.29, 1.82) is 0 Å². The fourth-order valence-corrected chi connectivity index (χ4v) is 1.11. The first-order chi connectivity index (χ1) is 4.79. The van der Waals surface area contributed by atoms with Crippen LogP contribution in [0, 0.1) is 11.8 Å². The molecule has 2 N–H and O–H groups in total. The van der Waals surface area contributed by atoms with Crippen LogP contribution >= 0.6 is 11.3 Å². The molecule has 0 aliphatic rings. The van der Waals surface area contributed by atoms with E-state index in [-0.39, 0.29) is 6.04 Å². The average Bonchev–Trinajstić information content (AvgIpc) is 2.34. The lowest BCUT2D eigenvalue weighted by molar-refractivity contribution is 0.959. The summed E-state index contributed by atoms with van der Waals surface area (Å²) in [6.07, 6.45) is 0. The van der Waals surface area contributed by atoms with Gasteiger partial charge in [0, 0.05) is 0 Å². The standard InChI is InChI=1S/C8H9NS/c1-7(9)4-5-8-3-2-6-10-8/h2-3,6-7H,9H2,1H3/t7-/m1/s1. The van der Waals surface area contributed by atoms with Crippen molar-refractivity contribution in [2.75, 3.05) is 0 Å². The normalized spacial score (nSPS) is 11.8. The van der Waals surface area contributed by atoms with Crippen LogP contribution in [0.2, 0.25) is 0 Å². The molecule has 1 atom stereocenters. The van der Waals surface area contributed by atoms with E-state index in [0.29, 0.717) is 0 Å². The number of thiophene rings is 1. The molecule has 0 unspecified atom stereocenters. The van der Waals surface area contributed by atoms with Crippen molar-refractivity contribution in [1.82, 2.24) is 0 Å². The van der Waals surface area contributed by atoms with Gasteiger partial charge in [0.1, 0.15) is 0 Å². The Bertz CT molecular complexity index is 238. The van der Waals surface area contributed by atoms with Crippen LogP contribution in [0.5, 0.6) is 0 Å². The fourth-order valence-electron chi connectivity index (χ4n) is 0.535. The van der Waals surface area contributed by atoms with Crippen molar-refractivity contribution in [3.63, 3.8) is 0 Å². The summed E-state index contributed by atoms with van der Waals surface area (Å²) in [7, 11) is 0. The Labute approximate surface area is 64.9 Å². The van der Waals surface area contributed by atoms with Crippen LogP contribution in [0.4, 0.5) is 0 Å². The maximum Gasteiger partial charge on any atom is 0.0768 e. The van der Waals surface area contributed by atoms with E-state index in [1.807, 2.05) is 24.4 Å². The highest BCUT2D eigenvalue weighted by Gasteiger charge is 1.85. The molecule has 1 aromatic rings. The highest BCUT2D eigenvalue weighted by molar-refractivity contribution is 7.10. The zero-order valence-corrected chi connectivity index (χ0v) is 6.61. The van der Waals surface area contributed by atoms with E-state index >= 15 is 0 Å². The second kappa shape index (κ2) is 3.40. The first-order valence-corrected chi connectivity index (χ1v) is 3.97. The van der Waals surface area contributed by atoms with E-state index in [4.69, 9.17) is 5.73 Å². The third-order valence-corrected chi connectivity index (χ3v) is 1.73. The van der Waals surface area contributed by atoms with Gasteiger partial charge in [0.05, 0.1) is 10.9 Å². The molecule has 0 amide bonds. The van der Waals surface area contributed by atoms with Crippen LogP contribution in [0.15, 0.2) is 17.5 Å². The molecule has 0 fully saturated rings.